The van der Waals surface area contributed by atoms with Crippen LogP contribution in [-0.4, -0.2) is 25.9 Å². The minimum atomic E-state index is -0.297. The lowest BCUT2D eigenvalue weighted by atomic mass is 9.94. The first kappa shape index (κ1) is 15.3. The summed E-state index contributed by atoms with van der Waals surface area (Å²) < 4.78 is 10.3. The number of benzene rings is 1. The van der Waals surface area contributed by atoms with Crippen LogP contribution in [0.3, 0.4) is 0 Å². The van der Waals surface area contributed by atoms with Crippen molar-refractivity contribution >= 4 is 6.09 Å². The van der Waals surface area contributed by atoms with E-state index in [9.17, 15) is 4.79 Å². The summed E-state index contributed by atoms with van der Waals surface area (Å²) in [4.78, 5) is 10.9. The van der Waals surface area contributed by atoms with Gasteiger partial charge in [0.05, 0.1) is 13.7 Å². The third kappa shape index (κ3) is 4.16. The van der Waals surface area contributed by atoms with E-state index >= 15 is 0 Å². The van der Waals surface area contributed by atoms with Crippen LogP contribution in [0.1, 0.15) is 38.7 Å². The molecule has 0 aromatic heterocycles. The van der Waals surface area contributed by atoms with E-state index in [1.807, 2.05) is 12.1 Å². The lowest BCUT2D eigenvalue weighted by Crippen LogP contribution is -2.15. The Kier molecular flexibility index (Phi) is 5.67. The maximum atomic E-state index is 10.9. The van der Waals surface area contributed by atoms with Gasteiger partial charge in [0, 0.05) is 0 Å². The van der Waals surface area contributed by atoms with Crippen LogP contribution in [0, 0.1) is 0 Å². The molecule has 0 spiro atoms. The summed E-state index contributed by atoms with van der Waals surface area (Å²) in [6.45, 7) is 2.81. The average Bonchev–Trinajstić information content (AvgIpc) is 2.82. The Morgan fingerprint density at radius 3 is 2.95 bits per heavy atom. The lowest BCUT2D eigenvalue weighted by molar-refractivity contribution is 0.133. The molecule has 19 heavy (non-hydrogen) atoms. The number of amides is 1. The Morgan fingerprint density at radius 2 is 2.32 bits per heavy atom. The van der Waals surface area contributed by atoms with Gasteiger partial charge in [0.2, 0.25) is 0 Å². The van der Waals surface area contributed by atoms with Gasteiger partial charge in [-0.15, -0.1) is 0 Å². The van der Waals surface area contributed by atoms with E-state index in [2.05, 4.69) is 24.4 Å². The van der Waals surface area contributed by atoms with Crippen LogP contribution in [0.15, 0.2) is 24.3 Å². The molecule has 1 aromatic carbocycles. The first-order valence-corrected chi connectivity index (χ1v) is 6.27. The van der Waals surface area contributed by atoms with E-state index in [1.54, 1.807) is 7.11 Å². The van der Waals surface area contributed by atoms with Crippen LogP contribution in [0.4, 0.5) is 4.79 Å². The van der Waals surface area contributed by atoms with E-state index in [0.29, 0.717) is 12.5 Å². The van der Waals surface area contributed by atoms with Crippen molar-refractivity contribution in [3.8, 4) is 5.75 Å². The molecule has 1 aliphatic rings. The highest BCUT2D eigenvalue weighted by atomic mass is 16.6. The molecule has 0 aliphatic carbocycles. The summed E-state index contributed by atoms with van der Waals surface area (Å²) in [7, 11) is 1.67. The molecule has 106 valence electrons. The molecule has 2 rings (SSSR count). The van der Waals surface area contributed by atoms with Crippen molar-refractivity contribution in [2.24, 2.45) is 0 Å². The van der Waals surface area contributed by atoms with Crippen LogP contribution < -0.4 is 10.1 Å². The number of rotatable bonds is 5. The van der Waals surface area contributed by atoms with E-state index in [1.165, 1.54) is 5.56 Å². The van der Waals surface area contributed by atoms with Gasteiger partial charge >= 0.3 is 6.09 Å². The van der Waals surface area contributed by atoms with Crippen molar-refractivity contribution in [2.75, 3.05) is 13.7 Å². The van der Waals surface area contributed by atoms with Crippen molar-refractivity contribution in [1.29, 1.82) is 0 Å². The molecule has 4 nitrogen and oxygen atoms in total. The quantitative estimate of drug-likeness (QED) is 0.888. The zero-order valence-corrected chi connectivity index (χ0v) is 10.8. The molecule has 1 saturated heterocycles. The Hall–Kier alpha value is -1.71. The molecular weight excluding hydrogens is 242 g/mol. The number of cyclic esters (lactones) is 1. The second-order valence-corrected chi connectivity index (χ2v) is 4.66. The second-order valence-electron chi connectivity index (χ2n) is 4.66. The summed E-state index contributed by atoms with van der Waals surface area (Å²) in [6, 6.07) is 8.11. The van der Waals surface area contributed by atoms with Gasteiger partial charge in [0.1, 0.15) is 11.9 Å². The van der Waals surface area contributed by atoms with Gasteiger partial charge in [-0.25, -0.2) is 4.79 Å². The van der Waals surface area contributed by atoms with Crippen molar-refractivity contribution in [1.82, 2.24) is 5.32 Å². The van der Waals surface area contributed by atoms with Gasteiger partial charge in [-0.05, 0) is 36.5 Å². The monoisotopic (exact) mass is 265 g/mol. The fourth-order valence-electron chi connectivity index (χ4n) is 2.14. The van der Waals surface area contributed by atoms with Gasteiger partial charge in [0.15, 0.2) is 0 Å². The minimum Gasteiger partial charge on any atom is -0.497 e. The molecule has 0 unspecified atom stereocenters. The molecule has 1 aliphatic heterocycles. The Balaban J connectivity index is 0.00000180. The molecule has 0 radical (unpaired) electrons. The number of hydrogen-bond acceptors (Lipinski definition) is 3. The summed E-state index contributed by atoms with van der Waals surface area (Å²) >= 11 is 0. The predicted octanol–water partition coefficient (Wildman–Crippen LogP) is 3.32. The van der Waals surface area contributed by atoms with Gasteiger partial charge in [-0.3, -0.25) is 0 Å². The van der Waals surface area contributed by atoms with Crippen molar-refractivity contribution in [2.45, 2.75) is 39.2 Å². The smallest absolute Gasteiger partial charge is 0.407 e. The number of hydrogen-bond donors (Lipinski definition) is 1. The summed E-state index contributed by atoms with van der Waals surface area (Å²) in [5, 5.41) is 2.67. The maximum Gasteiger partial charge on any atom is 0.407 e. The zero-order chi connectivity index (χ0) is 13.0. The molecule has 0 saturated carbocycles. The van der Waals surface area contributed by atoms with E-state index < -0.39 is 0 Å². The average molecular weight is 265 g/mol. The van der Waals surface area contributed by atoms with Crippen molar-refractivity contribution in [3.63, 3.8) is 0 Å². The van der Waals surface area contributed by atoms with Crippen LogP contribution >= 0.6 is 0 Å². The third-order valence-electron chi connectivity index (χ3n) is 3.33. The lowest BCUT2D eigenvalue weighted by Gasteiger charge is -2.14. The van der Waals surface area contributed by atoms with E-state index in [0.717, 1.165) is 18.6 Å². The summed E-state index contributed by atoms with van der Waals surface area (Å²) in [5.41, 5.74) is 1.26. The number of methoxy groups -OCH3 is 1. The number of nitrogens with one attached hydrogen (secondary N) is 1. The molecule has 1 heterocycles. The highest BCUT2D eigenvalue weighted by Crippen LogP contribution is 2.25. The van der Waals surface area contributed by atoms with Gasteiger partial charge < -0.3 is 14.8 Å². The number of alkyl carbamates (subject to hydrolysis) is 1. The molecule has 1 aromatic rings. The first-order chi connectivity index (χ1) is 8.69. The SMILES string of the molecule is C.COc1cccc([C@H](C)CC[C@H]2CNC(=O)O2)c1. The van der Waals surface area contributed by atoms with Gasteiger partial charge in [0.25, 0.3) is 0 Å². The summed E-state index contributed by atoms with van der Waals surface area (Å²) in [5.74, 6) is 1.31. The largest absolute Gasteiger partial charge is 0.497 e. The van der Waals surface area contributed by atoms with Crippen molar-refractivity contribution < 1.29 is 14.3 Å². The van der Waals surface area contributed by atoms with Gasteiger partial charge in [-0.1, -0.05) is 26.5 Å². The normalized spacial score (nSPS) is 19.1. The minimum absolute atomic E-state index is 0. The van der Waals surface area contributed by atoms with Crippen LogP contribution in [0.25, 0.3) is 0 Å². The standard InChI is InChI=1S/C14H19NO3.CH4/c1-10(6-7-13-9-15-14(16)18-13)11-4-3-5-12(8-11)17-2;/h3-5,8,10,13H,6-7,9H2,1-2H3,(H,15,16);1H4/t10-,13+;/m1./s1. The Morgan fingerprint density at radius 1 is 1.53 bits per heavy atom. The molecule has 1 amide bonds. The number of carbonyl (C=O) groups excluding carboxylic acids is 1. The fraction of sp³-hybridized carbons (Fsp3) is 0.533. The van der Waals surface area contributed by atoms with E-state index in [4.69, 9.17) is 9.47 Å². The van der Waals surface area contributed by atoms with Gasteiger partial charge in [-0.2, -0.15) is 0 Å². The second kappa shape index (κ2) is 7.02. The highest BCUT2D eigenvalue weighted by Gasteiger charge is 2.22. The molecule has 0 bridgehead atoms. The highest BCUT2D eigenvalue weighted by molar-refractivity contribution is 5.69. The van der Waals surface area contributed by atoms with Crippen LogP contribution in [-0.2, 0) is 4.74 Å². The van der Waals surface area contributed by atoms with Crippen LogP contribution in [0.2, 0.25) is 0 Å². The summed E-state index contributed by atoms with van der Waals surface area (Å²) in [6.07, 6.45) is 1.60. The molecular formula is C15H23NO3. The molecule has 4 heteroatoms. The zero-order valence-electron chi connectivity index (χ0n) is 10.8. The maximum absolute atomic E-state index is 10.9. The van der Waals surface area contributed by atoms with Crippen LogP contribution in [0.5, 0.6) is 5.75 Å². The number of carbonyl (C=O) groups is 1. The molecule has 1 N–H and O–H groups in total. The Labute approximate surface area is 115 Å². The number of ether oxygens (including phenoxy) is 2. The first-order valence-electron chi connectivity index (χ1n) is 6.27. The molecule has 2 atom stereocenters. The predicted molar refractivity (Wildman–Crippen MR) is 75.6 cm³/mol. The molecule has 1 fully saturated rings. The topological polar surface area (TPSA) is 47.6 Å². The third-order valence-corrected chi connectivity index (χ3v) is 3.33. The van der Waals surface area contributed by atoms with Crippen molar-refractivity contribution in [3.05, 3.63) is 29.8 Å². The Bertz CT molecular complexity index is 420. The van der Waals surface area contributed by atoms with E-state index in [-0.39, 0.29) is 19.6 Å². The fourth-order valence-corrected chi connectivity index (χ4v) is 2.14.